The molecule has 1 saturated heterocycles. The highest BCUT2D eigenvalue weighted by Crippen LogP contribution is 2.49. The standard InChI is InChI=1S/C16H20FN/c1-2-12-3-4-13(9-15(12)17)14-10-16(11-14)5-7-18-8-6-16/h3-4,9-10,18H,2,5-8,11H2,1H3. The Hall–Kier alpha value is -1.15. The number of hydrogen-bond acceptors (Lipinski definition) is 1. The van der Waals surface area contributed by atoms with Gasteiger partial charge in [0.15, 0.2) is 0 Å². The third kappa shape index (κ3) is 1.99. The van der Waals surface area contributed by atoms with Crippen LogP contribution in [0.25, 0.3) is 5.57 Å². The molecule has 2 aliphatic rings. The van der Waals surface area contributed by atoms with Gasteiger partial charge in [-0.05, 0) is 67.0 Å². The molecule has 0 bridgehead atoms. The topological polar surface area (TPSA) is 12.0 Å². The molecule has 0 aromatic heterocycles. The first kappa shape index (κ1) is 11.9. The number of allylic oxidation sites excluding steroid dienone is 2. The molecule has 2 heteroatoms. The molecule has 1 aliphatic carbocycles. The second-order valence-electron chi connectivity index (χ2n) is 5.62. The molecule has 1 aliphatic heterocycles. The van der Waals surface area contributed by atoms with Crippen LogP contribution in [0, 0.1) is 11.2 Å². The van der Waals surface area contributed by atoms with Crippen LogP contribution in [0.15, 0.2) is 24.3 Å². The van der Waals surface area contributed by atoms with Crippen LogP contribution in [0.1, 0.15) is 37.3 Å². The van der Waals surface area contributed by atoms with E-state index in [2.05, 4.69) is 17.5 Å². The van der Waals surface area contributed by atoms with Gasteiger partial charge in [0.25, 0.3) is 0 Å². The Labute approximate surface area is 108 Å². The second-order valence-corrected chi connectivity index (χ2v) is 5.62. The first-order chi connectivity index (χ1) is 8.72. The quantitative estimate of drug-likeness (QED) is 0.840. The van der Waals surface area contributed by atoms with Crippen molar-refractivity contribution in [3.8, 4) is 0 Å². The molecule has 1 aromatic rings. The van der Waals surface area contributed by atoms with E-state index in [9.17, 15) is 4.39 Å². The molecule has 0 unspecified atom stereocenters. The van der Waals surface area contributed by atoms with E-state index in [4.69, 9.17) is 0 Å². The van der Waals surface area contributed by atoms with Gasteiger partial charge in [-0.25, -0.2) is 4.39 Å². The van der Waals surface area contributed by atoms with Crippen LogP contribution < -0.4 is 5.32 Å². The number of rotatable bonds is 2. The molecule has 96 valence electrons. The van der Waals surface area contributed by atoms with Gasteiger partial charge in [0.1, 0.15) is 5.82 Å². The lowest BCUT2D eigenvalue weighted by atomic mass is 9.64. The monoisotopic (exact) mass is 245 g/mol. The number of aryl methyl sites for hydroxylation is 1. The predicted octanol–water partition coefficient (Wildman–Crippen LogP) is 3.55. The highest BCUT2D eigenvalue weighted by Gasteiger charge is 2.37. The molecule has 1 heterocycles. The molecule has 0 amide bonds. The molecule has 1 aromatic carbocycles. The van der Waals surface area contributed by atoms with Crippen molar-refractivity contribution in [1.82, 2.24) is 5.32 Å². The predicted molar refractivity (Wildman–Crippen MR) is 72.9 cm³/mol. The molecule has 0 radical (unpaired) electrons. The van der Waals surface area contributed by atoms with Crippen molar-refractivity contribution in [1.29, 1.82) is 0 Å². The Morgan fingerprint density at radius 1 is 1.28 bits per heavy atom. The maximum atomic E-state index is 13.8. The molecule has 1 fully saturated rings. The van der Waals surface area contributed by atoms with Crippen LogP contribution in [-0.2, 0) is 6.42 Å². The van der Waals surface area contributed by atoms with E-state index >= 15 is 0 Å². The van der Waals surface area contributed by atoms with Crippen molar-refractivity contribution >= 4 is 5.57 Å². The summed E-state index contributed by atoms with van der Waals surface area (Å²) in [5, 5.41) is 3.40. The maximum absolute atomic E-state index is 13.8. The SMILES string of the molecule is CCc1ccc(C2=CC3(CCNCC3)C2)cc1F. The van der Waals surface area contributed by atoms with Gasteiger partial charge in [0.2, 0.25) is 0 Å². The van der Waals surface area contributed by atoms with Crippen molar-refractivity contribution in [3.63, 3.8) is 0 Å². The Morgan fingerprint density at radius 3 is 2.61 bits per heavy atom. The average molecular weight is 245 g/mol. The van der Waals surface area contributed by atoms with E-state index in [0.29, 0.717) is 5.41 Å². The number of halogens is 1. The summed E-state index contributed by atoms with van der Waals surface area (Å²) >= 11 is 0. The Morgan fingerprint density at radius 2 is 2.00 bits per heavy atom. The molecule has 1 nitrogen and oxygen atoms in total. The maximum Gasteiger partial charge on any atom is 0.126 e. The van der Waals surface area contributed by atoms with E-state index in [1.807, 2.05) is 13.0 Å². The van der Waals surface area contributed by atoms with E-state index in [1.54, 1.807) is 6.07 Å². The third-order valence-electron chi connectivity index (χ3n) is 4.43. The third-order valence-corrected chi connectivity index (χ3v) is 4.43. The van der Waals surface area contributed by atoms with Gasteiger partial charge in [0, 0.05) is 0 Å². The summed E-state index contributed by atoms with van der Waals surface area (Å²) in [5.74, 6) is -0.0536. The molecular weight excluding hydrogens is 225 g/mol. The first-order valence-corrected chi connectivity index (χ1v) is 6.94. The molecule has 18 heavy (non-hydrogen) atoms. The van der Waals surface area contributed by atoms with Gasteiger partial charge >= 0.3 is 0 Å². The summed E-state index contributed by atoms with van der Waals surface area (Å²) in [6.45, 7) is 4.23. The highest BCUT2D eigenvalue weighted by molar-refractivity contribution is 5.72. The van der Waals surface area contributed by atoms with E-state index in [-0.39, 0.29) is 5.82 Å². The van der Waals surface area contributed by atoms with Gasteiger partial charge in [0.05, 0.1) is 0 Å². The smallest absolute Gasteiger partial charge is 0.126 e. The van der Waals surface area contributed by atoms with E-state index < -0.39 is 0 Å². The molecule has 1 spiro atoms. The number of hydrogen-bond donors (Lipinski definition) is 1. The zero-order chi connectivity index (χ0) is 12.6. The molecule has 1 N–H and O–H groups in total. The molecular formula is C16H20FN. The fourth-order valence-electron chi connectivity index (χ4n) is 3.18. The molecule has 3 rings (SSSR count). The zero-order valence-electron chi connectivity index (χ0n) is 10.9. The number of nitrogens with one attached hydrogen (secondary N) is 1. The van der Waals surface area contributed by atoms with Crippen molar-refractivity contribution < 1.29 is 4.39 Å². The van der Waals surface area contributed by atoms with Crippen LogP contribution in [0.4, 0.5) is 4.39 Å². The van der Waals surface area contributed by atoms with Crippen LogP contribution in [-0.4, -0.2) is 13.1 Å². The summed E-state index contributed by atoms with van der Waals surface area (Å²) in [7, 11) is 0. The van der Waals surface area contributed by atoms with E-state index in [1.165, 1.54) is 18.4 Å². The molecule has 0 atom stereocenters. The summed E-state index contributed by atoms with van der Waals surface area (Å²) in [6, 6.07) is 5.71. The van der Waals surface area contributed by atoms with Gasteiger partial charge < -0.3 is 5.32 Å². The van der Waals surface area contributed by atoms with Crippen molar-refractivity contribution in [2.45, 2.75) is 32.6 Å². The van der Waals surface area contributed by atoms with Gasteiger partial charge in [-0.1, -0.05) is 25.1 Å². The van der Waals surface area contributed by atoms with Crippen LogP contribution in [0.3, 0.4) is 0 Å². The van der Waals surface area contributed by atoms with Crippen molar-refractivity contribution in [2.75, 3.05) is 13.1 Å². The highest BCUT2D eigenvalue weighted by atomic mass is 19.1. The zero-order valence-corrected chi connectivity index (χ0v) is 10.9. The summed E-state index contributed by atoms with van der Waals surface area (Å²) in [6.07, 6.45) is 6.73. The van der Waals surface area contributed by atoms with Crippen molar-refractivity contribution in [2.24, 2.45) is 5.41 Å². The van der Waals surface area contributed by atoms with Crippen LogP contribution in [0.2, 0.25) is 0 Å². The minimum atomic E-state index is -0.0536. The Bertz CT molecular complexity index is 484. The lowest BCUT2D eigenvalue weighted by Crippen LogP contribution is -2.39. The minimum Gasteiger partial charge on any atom is -0.317 e. The van der Waals surface area contributed by atoms with Gasteiger partial charge in [-0.15, -0.1) is 0 Å². The summed E-state index contributed by atoms with van der Waals surface area (Å²) in [5.41, 5.74) is 3.64. The lowest BCUT2D eigenvalue weighted by Gasteiger charge is -2.43. The van der Waals surface area contributed by atoms with Crippen LogP contribution in [0.5, 0.6) is 0 Å². The number of piperidine rings is 1. The largest absolute Gasteiger partial charge is 0.317 e. The molecule has 0 saturated carbocycles. The van der Waals surface area contributed by atoms with Gasteiger partial charge in [-0.3, -0.25) is 0 Å². The fraction of sp³-hybridized carbons (Fsp3) is 0.500. The summed E-state index contributed by atoms with van der Waals surface area (Å²) in [4.78, 5) is 0. The minimum absolute atomic E-state index is 0.0536. The second kappa shape index (κ2) is 4.51. The lowest BCUT2D eigenvalue weighted by molar-refractivity contribution is 0.257. The van der Waals surface area contributed by atoms with E-state index in [0.717, 1.165) is 37.1 Å². The van der Waals surface area contributed by atoms with Gasteiger partial charge in [-0.2, -0.15) is 0 Å². The van der Waals surface area contributed by atoms with Crippen LogP contribution >= 0.6 is 0 Å². The fourth-order valence-corrected chi connectivity index (χ4v) is 3.18. The summed E-state index contributed by atoms with van der Waals surface area (Å²) < 4.78 is 13.8. The number of benzene rings is 1. The normalized spacial score (nSPS) is 21.6. The van der Waals surface area contributed by atoms with Crippen molar-refractivity contribution in [3.05, 3.63) is 41.2 Å². The first-order valence-electron chi connectivity index (χ1n) is 6.94. The Balaban J connectivity index is 1.81. The Kier molecular flexibility index (Phi) is 2.98. The average Bonchev–Trinajstić information content (AvgIpc) is 2.37.